The lowest BCUT2D eigenvalue weighted by Crippen LogP contribution is -2.17. The van der Waals surface area contributed by atoms with Gasteiger partial charge in [-0.1, -0.05) is 25.1 Å². The SMILES string of the molecule is CCc1ccccc1NC(=O)C1CC1C(=O)O. The molecule has 0 saturated heterocycles. The van der Waals surface area contributed by atoms with Gasteiger partial charge in [0.2, 0.25) is 5.91 Å². The lowest BCUT2D eigenvalue weighted by Gasteiger charge is -2.08. The third-order valence-corrected chi connectivity index (χ3v) is 3.10. The van der Waals surface area contributed by atoms with Crippen LogP contribution in [0.15, 0.2) is 24.3 Å². The first-order valence-corrected chi connectivity index (χ1v) is 5.75. The molecule has 2 atom stereocenters. The van der Waals surface area contributed by atoms with Gasteiger partial charge >= 0.3 is 5.97 Å². The highest BCUT2D eigenvalue weighted by atomic mass is 16.4. The molecule has 2 unspecified atom stereocenters. The van der Waals surface area contributed by atoms with Crippen molar-refractivity contribution in [3.05, 3.63) is 29.8 Å². The summed E-state index contributed by atoms with van der Waals surface area (Å²) in [6.45, 7) is 2.02. The van der Waals surface area contributed by atoms with E-state index in [1.165, 1.54) is 0 Å². The first-order valence-electron chi connectivity index (χ1n) is 5.75. The molecule has 0 spiro atoms. The monoisotopic (exact) mass is 233 g/mol. The Kier molecular flexibility index (Phi) is 3.13. The zero-order valence-electron chi connectivity index (χ0n) is 9.64. The van der Waals surface area contributed by atoms with Crippen LogP contribution in [0.4, 0.5) is 5.69 Å². The van der Waals surface area contributed by atoms with Crippen LogP contribution in [0, 0.1) is 11.8 Å². The van der Waals surface area contributed by atoms with Crippen molar-refractivity contribution in [1.82, 2.24) is 0 Å². The summed E-state index contributed by atoms with van der Waals surface area (Å²) < 4.78 is 0. The minimum Gasteiger partial charge on any atom is -0.481 e. The van der Waals surface area contributed by atoms with Crippen molar-refractivity contribution in [2.24, 2.45) is 11.8 Å². The van der Waals surface area contributed by atoms with Gasteiger partial charge in [-0.2, -0.15) is 0 Å². The minimum atomic E-state index is -0.881. The predicted molar refractivity (Wildman–Crippen MR) is 63.7 cm³/mol. The Morgan fingerprint density at radius 1 is 1.35 bits per heavy atom. The van der Waals surface area contributed by atoms with Crippen LogP contribution in [0.3, 0.4) is 0 Å². The Balaban J connectivity index is 2.02. The summed E-state index contributed by atoms with van der Waals surface area (Å²) in [4.78, 5) is 22.5. The smallest absolute Gasteiger partial charge is 0.307 e. The maximum absolute atomic E-state index is 11.8. The molecule has 1 saturated carbocycles. The summed E-state index contributed by atoms with van der Waals surface area (Å²) in [5.74, 6) is -1.92. The number of carbonyl (C=O) groups excluding carboxylic acids is 1. The highest BCUT2D eigenvalue weighted by Crippen LogP contribution is 2.39. The van der Waals surface area contributed by atoms with E-state index in [4.69, 9.17) is 5.11 Å². The highest BCUT2D eigenvalue weighted by Gasteiger charge is 2.48. The molecule has 0 bridgehead atoms. The van der Waals surface area contributed by atoms with E-state index in [2.05, 4.69) is 5.32 Å². The standard InChI is InChI=1S/C13H15NO3/c1-2-8-5-3-4-6-11(8)14-12(15)9-7-10(9)13(16)17/h3-6,9-10H,2,7H2,1H3,(H,14,15)(H,16,17). The molecule has 1 aliphatic rings. The van der Waals surface area contributed by atoms with Gasteiger partial charge in [0.25, 0.3) is 0 Å². The molecule has 1 aromatic rings. The molecule has 17 heavy (non-hydrogen) atoms. The molecular weight excluding hydrogens is 218 g/mol. The minimum absolute atomic E-state index is 0.182. The Morgan fingerprint density at radius 3 is 2.65 bits per heavy atom. The normalized spacial score (nSPS) is 21.9. The van der Waals surface area contributed by atoms with Gasteiger partial charge < -0.3 is 10.4 Å². The van der Waals surface area contributed by atoms with Crippen molar-refractivity contribution in [2.45, 2.75) is 19.8 Å². The fourth-order valence-electron chi connectivity index (χ4n) is 1.93. The second-order valence-electron chi connectivity index (χ2n) is 4.29. The molecule has 4 heteroatoms. The van der Waals surface area contributed by atoms with Crippen LogP contribution >= 0.6 is 0 Å². The molecule has 0 aliphatic heterocycles. The molecular formula is C13H15NO3. The van der Waals surface area contributed by atoms with E-state index in [9.17, 15) is 9.59 Å². The van der Waals surface area contributed by atoms with Crippen molar-refractivity contribution >= 4 is 17.6 Å². The summed E-state index contributed by atoms with van der Waals surface area (Å²) in [6, 6.07) is 7.58. The number of anilines is 1. The number of carbonyl (C=O) groups is 2. The number of hydrogen-bond acceptors (Lipinski definition) is 2. The zero-order valence-corrected chi connectivity index (χ0v) is 9.64. The zero-order chi connectivity index (χ0) is 12.4. The molecule has 90 valence electrons. The molecule has 0 heterocycles. The van der Waals surface area contributed by atoms with Crippen LogP contribution in [0.2, 0.25) is 0 Å². The van der Waals surface area contributed by atoms with Crippen LogP contribution in [-0.4, -0.2) is 17.0 Å². The Labute approximate surface area is 99.6 Å². The van der Waals surface area contributed by atoms with Gasteiger partial charge in [0, 0.05) is 5.69 Å². The van der Waals surface area contributed by atoms with Crippen molar-refractivity contribution < 1.29 is 14.7 Å². The van der Waals surface area contributed by atoms with Crippen LogP contribution in [-0.2, 0) is 16.0 Å². The van der Waals surface area contributed by atoms with Gasteiger partial charge in [-0.05, 0) is 24.5 Å². The Bertz CT molecular complexity index is 456. The van der Waals surface area contributed by atoms with Crippen molar-refractivity contribution in [1.29, 1.82) is 0 Å². The highest BCUT2D eigenvalue weighted by molar-refractivity contribution is 5.98. The number of carboxylic acids is 1. The second-order valence-corrected chi connectivity index (χ2v) is 4.29. The quantitative estimate of drug-likeness (QED) is 0.834. The molecule has 1 fully saturated rings. The largest absolute Gasteiger partial charge is 0.481 e. The van der Waals surface area contributed by atoms with Gasteiger partial charge in [-0.3, -0.25) is 9.59 Å². The Morgan fingerprint density at radius 2 is 2.06 bits per heavy atom. The van der Waals surface area contributed by atoms with Crippen LogP contribution in [0.25, 0.3) is 0 Å². The summed E-state index contributed by atoms with van der Waals surface area (Å²) >= 11 is 0. The second kappa shape index (κ2) is 4.57. The number of amides is 1. The first-order chi connectivity index (χ1) is 8.13. The number of rotatable bonds is 4. The molecule has 4 nitrogen and oxygen atoms in total. The van der Waals surface area contributed by atoms with Gasteiger partial charge in [0.15, 0.2) is 0 Å². The lowest BCUT2D eigenvalue weighted by atomic mass is 10.1. The number of carboxylic acid groups (broad SMARTS) is 1. The molecule has 2 rings (SSSR count). The fraction of sp³-hybridized carbons (Fsp3) is 0.385. The van der Waals surface area contributed by atoms with E-state index in [-0.39, 0.29) is 11.8 Å². The average Bonchev–Trinajstić information content (AvgIpc) is 3.09. The predicted octanol–water partition coefficient (Wildman–Crippen LogP) is 1.91. The molecule has 1 aromatic carbocycles. The van der Waals surface area contributed by atoms with Gasteiger partial charge in [-0.15, -0.1) is 0 Å². The maximum Gasteiger partial charge on any atom is 0.307 e. The number of aliphatic carboxylic acids is 1. The fourth-order valence-corrected chi connectivity index (χ4v) is 1.93. The summed E-state index contributed by atoms with van der Waals surface area (Å²) in [5.41, 5.74) is 1.85. The number of aryl methyl sites for hydroxylation is 1. The van der Waals surface area contributed by atoms with E-state index in [0.29, 0.717) is 6.42 Å². The summed E-state index contributed by atoms with van der Waals surface area (Å²) in [6.07, 6.45) is 1.29. The topological polar surface area (TPSA) is 66.4 Å². The molecule has 0 radical (unpaired) electrons. The van der Waals surface area contributed by atoms with Crippen molar-refractivity contribution in [3.8, 4) is 0 Å². The van der Waals surface area contributed by atoms with E-state index < -0.39 is 11.9 Å². The average molecular weight is 233 g/mol. The van der Waals surface area contributed by atoms with Crippen LogP contribution in [0.5, 0.6) is 0 Å². The molecule has 1 aliphatic carbocycles. The first kappa shape index (κ1) is 11.6. The van der Waals surface area contributed by atoms with Crippen LogP contribution < -0.4 is 5.32 Å². The number of para-hydroxylation sites is 1. The van der Waals surface area contributed by atoms with Gasteiger partial charge in [0.1, 0.15) is 0 Å². The van der Waals surface area contributed by atoms with E-state index in [1.54, 1.807) is 0 Å². The van der Waals surface area contributed by atoms with Gasteiger partial charge in [0.05, 0.1) is 11.8 Å². The lowest BCUT2D eigenvalue weighted by molar-refractivity contribution is -0.139. The maximum atomic E-state index is 11.8. The van der Waals surface area contributed by atoms with E-state index in [1.807, 2.05) is 31.2 Å². The number of nitrogens with one attached hydrogen (secondary N) is 1. The summed E-state index contributed by atoms with van der Waals surface area (Å²) in [5, 5.41) is 11.6. The molecule has 0 aromatic heterocycles. The van der Waals surface area contributed by atoms with Gasteiger partial charge in [-0.25, -0.2) is 0 Å². The summed E-state index contributed by atoms with van der Waals surface area (Å²) in [7, 11) is 0. The Hall–Kier alpha value is -1.84. The third-order valence-electron chi connectivity index (χ3n) is 3.10. The van der Waals surface area contributed by atoms with E-state index >= 15 is 0 Å². The van der Waals surface area contributed by atoms with Crippen LogP contribution in [0.1, 0.15) is 18.9 Å². The van der Waals surface area contributed by atoms with E-state index in [0.717, 1.165) is 17.7 Å². The number of benzene rings is 1. The number of hydrogen-bond donors (Lipinski definition) is 2. The van der Waals surface area contributed by atoms with Crippen molar-refractivity contribution in [2.75, 3.05) is 5.32 Å². The third kappa shape index (κ3) is 2.46. The van der Waals surface area contributed by atoms with Crippen molar-refractivity contribution in [3.63, 3.8) is 0 Å². The molecule has 2 N–H and O–H groups in total. The molecule has 1 amide bonds.